The second-order valence-corrected chi connectivity index (χ2v) is 7.58. The summed E-state index contributed by atoms with van der Waals surface area (Å²) in [5, 5.41) is 0. The van der Waals surface area contributed by atoms with Crippen molar-refractivity contribution in [1.82, 2.24) is 4.90 Å². The standard InChI is InChI=1S/C22H23NO2/c24-22-23(20-17-13-7-8-14-18(17)20)19(15-9-3-1-4-10-15)21(25-22)16-11-5-2-6-12-16/h1-6,9-12,17-21H,7-8,13-14H2/t17-,18+,19-,20?,21+/m0/s1. The van der Waals surface area contributed by atoms with Crippen LogP contribution in [0.1, 0.15) is 49.0 Å². The van der Waals surface area contributed by atoms with Crippen molar-refractivity contribution in [2.24, 2.45) is 11.8 Å². The summed E-state index contributed by atoms with van der Waals surface area (Å²) in [6.07, 6.45) is 4.77. The molecule has 3 aliphatic rings. The Morgan fingerprint density at radius 3 is 1.96 bits per heavy atom. The summed E-state index contributed by atoms with van der Waals surface area (Å²) in [6, 6.07) is 20.9. The Kier molecular flexibility index (Phi) is 3.54. The molecule has 1 aliphatic heterocycles. The van der Waals surface area contributed by atoms with E-state index in [2.05, 4.69) is 41.3 Å². The molecule has 5 atom stereocenters. The number of carbonyl (C=O) groups excluding carboxylic acids is 1. The summed E-state index contributed by atoms with van der Waals surface area (Å²) >= 11 is 0. The molecule has 0 bridgehead atoms. The van der Waals surface area contributed by atoms with Gasteiger partial charge in [0.2, 0.25) is 0 Å². The Morgan fingerprint density at radius 2 is 1.36 bits per heavy atom. The maximum absolute atomic E-state index is 12.9. The Bertz CT molecular complexity index is 748. The van der Waals surface area contributed by atoms with E-state index in [9.17, 15) is 4.79 Å². The molecule has 2 aliphatic carbocycles. The number of carbonyl (C=O) groups is 1. The quantitative estimate of drug-likeness (QED) is 0.781. The molecule has 128 valence electrons. The van der Waals surface area contributed by atoms with E-state index >= 15 is 0 Å². The summed E-state index contributed by atoms with van der Waals surface area (Å²) in [6.45, 7) is 0. The second-order valence-electron chi connectivity index (χ2n) is 7.58. The van der Waals surface area contributed by atoms with Gasteiger partial charge in [0.05, 0.1) is 0 Å². The number of hydrogen-bond acceptors (Lipinski definition) is 2. The van der Waals surface area contributed by atoms with Gasteiger partial charge in [-0.2, -0.15) is 0 Å². The van der Waals surface area contributed by atoms with Gasteiger partial charge in [0.1, 0.15) is 6.04 Å². The molecular formula is C22H23NO2. The number of rotatable bonds is 3. The molecule has 1 amide bonds. The Balaban J connectivity index is 1.54. The highest BCUT2D eigenvalue weighted by Gasteiger charge is 2.60. The van der Waals surface area contributed by atoms with Crippen molar-refractivity contribution in [2.75, 3.05) is 0 Å². The largest absolute Gasteiger partial charge is 0.439 e. The van der Waals surface area contributed by atoms with Crippen LogP contribution < -0.4 is 0 Å². The molecule has 3 fully saturated rings. The Hall–Kier alpha value is -2.29. The first-order valence-electron chi connectivity index (χ1n) is 9.43. The predicted molar refractivity (Wildman–Crippen MR) is 95.9 cm³/mol. The van der Waals surface area contributed by atoms with E-state index in [1.165, 1.54) is 31.2 Å². The lowest BCUT2D eigenvalue weighted by atomic mass is 9.95. The van der Waals surface area contributed by atoms with Crippen LogP contribution in [0.4, 0.5) is 4.79 Å². The second kappa shape index (κ2) is 5.91. The van der Waals surface area contributed by atoms with Crippen LogP contribution in [0.5, 0.6) is 0 Å². The van der Waals surface area contributed by atoms with Crippen LogP contribution in [0, 0.1) is 11.8 Å². The molecule has 1 unspecified atom stereocenters. The lowest BCUT2D eigenvalue weighted by Crippen LogP contribution is -2.32. The summed E-state index contributed by atoms with van der Waals surface area (Å²) in [7, 11) is 0. The average molecular weight is 333 g/mol. The topological polar surface area (TPSA) is 29.5 Å². The van der Waals surface area contributed by atoms with Crippen molar-refractivity contribution in [2.45, 2.75) is 43.9 Å². The van der Waals surface area contributed by atoms with Crippen LogP contribution in [0.2, 0.25) is 0 Å². The zero-order chi connectivity index (χ0) is 16.8. The number of benzene rings is 2. The van der Waals surface area contributed by atoms with Crippen LogP contribution in [-0.4, -0.2) is 17.0 Å². The van der Waals surface area contributed by atoms with Crippen LogP contribution >= 0.6 is 0 Å². The number of amides is 1. The molecule has 0 N–H and O–H groups in total. The number of cyclic esters (lactones) is 1. The van der Waals surface area contributed by atoms with E-state index in [-0.39, 0.29) is 18.2 Å². The molecule has 2 saturated carbocycles. The Labute approximate surface area is 148 Å². The smallest absolute Gasteiger partial charge is 0.411 e. The van der Waals surface area contributed by atoms with Gasteiger partial charge < -0.3 is 4.74 Å². The first kappa shape index (κ1) is 15.0. The first-order valence-corrected chi connectivity index (χ1v) is 9.43. The van der Waals surface area contributed by atoms with Gasteiger partial charge in [-0.15, -0.1) is 0 Å². The molecular weight excluding hydrogens is 310 g/mol. The van der Waals surface area contributed by atoms with Crippen LogP contribution in [-0.2, 0) is 4.74 Å². The molecule has 0 aromatic heterocycles. The van der Waals surface area contributed by atoms with E-state index in [1.807, 2.05) is 24.3 Å². The monoisotopic (exact) mass is 333 g/mol. The van der Waals surface area contributed by atoms with Crippen LogP contribution in [0.15, 0.2) is 60.7 Å². The molecule has 5 rings (SSSR count). The number of fused-ring (bicyclic) bond motifs is 1. The van der Waals surface area contributed by atoms with Crippen LogP contribution in [0.3, 0.4) is 0 Å². The van der Waals surface area contributed by atoms with E-state index in [4.69, 9.17) is 4.74 Å². The molecule has 3 nitrogen and oxygen atoms in total. The van der Waals surface area contributed by atoms with E-state index in [1.54, 1.807) is 0 Å². The summed E-state index contributed by atoms with van der Waals surface area (Å²) in [5.41, 5.74) is 2.25. The van der Waals surface area contributed by atoms with E-state index in [0.29, 0.717) is 17.9 Å². The van der Waals surface area contributed by atoms with Crippen molar-refractivity contribution < 1.29 is 9.53 Å². The van der Waals surface area contributed by atoms with E-state index < -0.39 is 0 Å². The molecule has 25 heavy (non-hydrogen) atoms. The fourth-order valence-corrected chi connectivity index (χ4v) is 5.05. The van der Waals surface area contributed by atoms with Gasteiger partial charge in [0, 0.05) is 6.04 Å². The normalized spacial score (nSPS) is 33.7. The van der Waals surface area contributed by atoms with Crippen molar-refractivity contribution in [1.29, 1.82) is 0 Å². The summed E-state index contributed by atoms with van der Waals surface area (Å²) in [5.74, 6) is 1.36. The third kappa shape index (κ3) is 2.45. The minimum Gasteiger partial charge on any atom is -0.439 e. The van der Waals surface area contributed by atoms with Crippen LogP contribution in [0.25, 0.3) is 0 Å². The van der Waals surface area contributed by atoms with E-state index in [0.717, 1.165) is 5.56 Å². The zero-order valence-corrected chi connectivity index (χ0v) is 14.3. The SMILES string of the molecule is O=C1O[C@H](c2ccccc2)[C@H](c2ccccc2)N1C1[C@H]2CCCC[C@@H]12. The number of ether oxygens (including phenoxy) is 1. The average Bonchev–Trinajstić information content (AvgIpc) is 3.29. The van der Waals surface area contributed by atoms with Gasteiger partial charge in [-0.1, -0.05) is 73.5 Å². The predicted octanol–water partition coefficient (Wildman–Crippen LogP) is 5.11. The fraction of sp³-hybridized carbons (Fsp3) is 0.409. The third-order valence-corrected chi connectivity index (χ3v) is 6.23. The van der Waals surface area contributed by atoms with Crippen molar-refractivity contribution in [3.8, 4) is 0 Å². The highest BCUT2D eigenvalue weighted by molar-refractivity contribution is 5.73. The highest BCUT2D eigenvalue weighted by Crippen LogP contribution is 2.58. The third-order valence-electron chi connectivity index (χ3n) is 6.23. The lowest BCUT2D eigenvalue weighted by molar-refractivity contribution is 0.129. The summed E-state index contributed by atoms with van der Waals surface area (Å²) < 4.78 is 5.92. The maximum atomic E-state index is 12.9. The van der Waals surface area contributed by atoms with Gasteiger partial charge in [-0.05, 0) is 35.8 Å². The fourth-order valence-electron chi connectivity index (χ4n) is 5.05. The number of hydrogen-bond donors (Lipinski definition) is 0. The van der Waals surface area contributed by atoms with Gasteiger partial charge in [-0.25, -0.2) is 4.79 Å². The molecule has 2 aromatic rings. The first-order chi connectivity index (χ1) is 12.3. The molecule has 1 saturated heterocycles. The maximum Gasteiger partial charge on any atom is 0.411 e. The molecule has 2 aromatic carbocycles. The lowest BCUT2D eigenvalue weighted by Gasteiger charge is -2.26. The number of nitrogens with zero attached hydrogens (tertiary/aromatic N) is 1. The van der Waals surface area contributed by atoms with Crippen molar-refractivity contribution in [3.05, 3.63) is 71.8 Å². The van der Waals surface area contributed by atoms with Gasteiger partial charge in [-0.3, -0.25) is 4.90 Å². The molecule has 3 heteroatoms. The summed E-state index contributed by atoms with van der Waals surface area (Å²) in [4.78, 5) is 14.9. The highest BCUT2D eigenvalue weighted by atomic mass is 16.6. The zero-order valence-electron chi connectivity index (χ0n) is 14.3. The minimum atomic E-state index is -0.223. The van der Waals surface area contributed by atoms with Gasteiger partial charge in [0.15, 0.2) is 6.10 Å². The van der Waals surface area contributed by atoms with Gasteiger partial charge in [0.25, 0.3) is 0 Å². The van der Waals surface area contributed by atoms with Crippen molar-refractivity contribution >= 4 is 6.09 Å². The molecule has 0 radical (unpaired) electrons. The van der Waals surface area contributed by atoms with Gasteiger partial charge >= 0.3 is 6.09 Å². The minimum absolute atomic E-state index is 0.0216. The van der Waals surface area contributed by atoms with Crippen molar-refractivity contribution in [3.63, 3.8) is 0 Å². The molecule has 0 spiro atoms. The Morgan fingerprint density at radius 1 is 0.800 bits per heavy atom. The molecule has 1 heterocycles.